The van der Waals surface area contributed by atoms with Gasteiger partial charge >= 0.3 is 0 Å². The van der Waals surface area contributed by atoms with Gasteiger partial charge in [-0.25, -0.2) is 4.98 Å². The van der Waals surface area contributed by atoms with Crippen LogP contribution >= 0.6 is 0 Å². The van der Waals surface area contributed by atoms with Gasteiger partial charge in [-0.05, 0) is 123 Å². The number of benzene rings is 6. The molecule has 0 aliphatic heterocycles. The third-order valence-electron chi connectivity index (χ3n) is 10.8. The molecule has 2 heterocycles. The van der Waals surface area contributed by atoms with E-state index in [1.807, 2.05) is 118 Å². The molecule has 0 atom stereocenters. The van der Waals surface area contributed by atoms with E-state index in [-0.39, 0.29) is 22.4 Å². The quantitative estimate of drug-likeness (QED) is 0.182. The lowest BCUT2D eigenvalue weighted by Gasteiger charge is -2.22. The van der Waals surface area contributed by atoms with Gasteiger partial charge in [-0.15, -0.1) is 0 Å². The molecule has 0 spiro atoms. The second-order valence-electron chi connectivity index (χ2n) is 17.5. The van der Waals surface area contributed by atoms with Crippen LogP contribution in [0, 0.1) is 13.8 Å². The van der Waals surface area contributed by atoms with Crippen LogP contribution in [-0.4, -0.2) is 19.6 Å². The third kappa shape index (κ3) is 7.79. The summed E-state index contributed by atoms with van der Waals surface area (Å²) in [5.74, 6) is 0.528. The van der Waals surface area contributed by atoms with Crippen molar-refractivity contribution < 1.29 is 27.0 Å². The average Bonchev–Trinajstić information content (AvgIpc) is 3.71. The van der Waals surface area contributed by atoms with E-state index in [9.17, 15) is 6.48 Å². The molecule has 1 N–H and O–H groups in total. The first-order chi connectivity index (χ1) is 35.0. The Kier molecular flexibility index (Phi) is 6.38. The maximum Gasteiger partial charge on any atom is 0.149 e. The predicted molar refractivity (Wildman–Crippen MR) is 253 cm³/mol. The number of nitrogens with zero attached hydrogens (tertiary/aromatic N) is 3. The van der Waals surface area contributed by atoms with Crippen LogP contribution < -0.4 is 0 Å². The molecule has 2 aromatic heterocycles. The highest BCUT2D eigenvalue weighted by Gasteiger charge is 2.26. The highest BCUT2D eigenvalue weighted by Crippen LogP contribution is 2.44. The number of aryl methyl sites for hydroxylation is 2. The molecule has 4 heteroatoms. The van der Waals surface area contributed by atoms with Gasteiger partial charge in [-0.3, -0.25) is 9.55 Å². The smallest absolute Gasteiger partial charge is 0.149 e. The molecule has 0 bridgehead atoms. The molecular weight excluding hydrogens is 731 g/mol. The number of pyridine rings is 1. The van der Waals surface area contributed by atoms with Crippen molar-refractivity contribution in [3.63, 3.8) is 0 Å². The fraction of sp³-hybridized carbons (Fsp3) is 0.250. The van der Waals surface area contributed by atoms with E-state index < -0.39 is 90.5 Å². The van der Waals surface area contributed by atoms with Crippen molar-refractivity contribution in [1.82, 2.24) is 14.5 Å². The molecule has 4 nitrogen and oxygen atoms in total. The molecule has 302 valence electrons. The normalized spacial score (nSPS) is 16.8. The van der Waals surface area contributed by atoms with E-state index in [0.717, 1.165) is 33.5 Å². The minimum atomic E-state index is -3.92. The van der Waals surface area contributed by atoms with Crippen molar-refractivity contribution in [3.8, 4) is 67.5 Å². The average molecular weight is 804 g/mol. The summed E-state index contributed by atoms with van der Waals surface area (Å²) in [5, 5.41) is 12.0. The molecule has 0 aliphatic carbocycles. The van der Waals surface area contributed by atoms with E-state index in [4.69, 9.17) is 25.5 Å². The molecule has 8 aromatic rings. The SMILES string of the molecule is [2H]c1nc(-c2cc(-c3cccc4c3nc(-c3cc(C(C)(C)C)cc(C)c3O)n4-c3ccc(C)cc3-c3ccccc3)cc(C(C)(C)C)c2)c([2H])c(-c2c([2H])c([2H])c(C(C([2H])([2H])[2H])(C([2H])([2H])[2H])C([2H])([2H])[2H])c([2H])c2[2H])c1[2H]. The molecule has 0 aliphatic rings. The lowest BCUT2D eigenvalue weighted by atomic mass is 9.83. The maximum atomic E-state index is 12.0. The minimum Gasteiger partial charge on any atom is -0.507 e. The first kappa shape index (κ1) is 25.4. The van der Waals surface area contributed by atoms with Gasteiger partial charge < -0.3 is 5.11 Å². The summed E-state index contributed by atoms with van der Waals surface area (Å²) in [6.07, 6.45) is -0.725. The Bertz CT molecular complexity index is 3570. The van der Waals surface area contributed by atoms with Crippen molar-refractivity contribution in [2.75, 3.05) is 0 Å². The summed E-state index contributed by atoms with van der Waals surface area (Å²) < 4.78 is 140. The van der Waals surface area contributed by atoms with Gasteiger partial charge in [-0.1, -0.05) is 152 Å². The van der Waals surface area contributed by atoms with E-state index in [0.29, 0.717) is 39.1 Å². The van der Waals surface area contributed by atoms with Gasteiger partial charge in [0.15, 0.2) is 0 Å². The minimum absolute atomic E-state index is 0.0629. The summed E-state index contributed by atoms with van der Waals surface area (Å²) in [7, 11) is 0. The zero-order valence-corrected chi connectivity index (χ0v) is 35.0. The number of hydrogen-bond donors (Lipinski definition) is 1. The van der Waals surface area contributed by atoms with E-state index in [1.54, 1.807) is 12.1 Å². The monoisotopic (exact) mass is 804 g/mol. The van der Waals surface area contributed by atoms with Crippen LogP contribution in [0.5, 0.6) is 5.75 Å². The zero-order valence-electron chi connectivity index (χ0n) is 51.0. The predicted octanol–water partition coefficient (Wildman–Crippen LogP) is 15.0. The van der Waals surface area contributed by atoms with E-state index >= 15 is 0 Å². The number of hydrogen-bond acceptors (Lipinski definition) is 3. The third-order valence-corrected chi connectivity index (χ3v) is 10.8. The largest absolute Gasteiger partial charge is 0.507 e. The zero-order chi connectivity index (χ0) is 56.3. The van der Waals surface area contributed by atoms with E-state index in [2.05, 4.69) is 31.8 Å². The molecule has 6 aromatic carbocycles. The highest BCUT2D eigenvalue weighted by molar-refractivity contribution is 5.98. The molecule has 0 radical (unpaired) electrons. The van der Waals surface area contributed by atoms with Gasteiger partial charge in [0.05, 0.1) is 37.6 Å². The summed E-state index contributed by atoms with van der Waals surface area (Å²) in [6.45, 7) is 4.36. The Morgan fingerprint density at radius 3 is 1.98 bits per heavy atom. The Balaban J connectivity index is 1.44. The summed E-state index contributed by atoms with van der Waals surface area (Å²) in [5.41, 5.74) is 1.60. The second kappa shape index (κ2) is 15.1. The Morgan fingerprint density at radius 2 is 1.28 bits per heavy atom. The molecular formula is C56H57N3O. The lowest BCUT2D eigenvalue weighted by Crippen LogP contribution is -2.12. The number of rotatable bonds is 6. The van der Waals surface area contributed by atoms with Gasteiger partial charge in [0.1, 0.15) is 11.6 Å². The molecule has 0 fully saturated rings. The molecule has 0 amide bonds. The Morgan fingerprint density at radius 1 is 0.583 bits per heavy atom. The second-order valence-corrected chi connectivity index (χ2v) is 17.5. The van der Waals surface area contributed by atoms with E-state index in [1.165, 1.54) is 0 Å². The molecule has 0 unspecified atom stereocenters. The van der Waals surface area contributed by atoms with Crippen LogP contribution in [0.25, 0.3) is 72.7 Å². The number of fused-ring (bicyclic) bond motifs is 1. The molecule has 0 saturated carbocycles. The number of para-hydroxylation sites is 1. The molecule has 60 heavy (non-hydrogen) atoms. The number of aromatic nitrogens is 3. The summed E-state index contributed by atoms with van der Waals surface area (Å²) in [6, 6.07) is 25.1. The Hall–Kier alpha value is -6.26. The van der Waals surface area contributed by atoms with Crippen molar-refractivity contribution in [2.24, 2.45) is 0 Å². The number of phenolic OH excluding ortho intramolecular Hbond substituents is 1. The van der Waals surface area contributed by atoms with Crippen molar-refractivity contribution in [2.45, 2.75) is 92.2 Å². The summed E-state index contributed by atoms with van der Waals surface area (Å²) in [4.78, 5) is 9.83. The molecule has 0 saturated heterocycles. The van der Waals surface area contributed by atoms with Gasteiger partial charge in [-0.2, -0.15) is 0 Å². The standard InChI is InChI=1S/C56H57N3O/c1-35-20-25-49(46(28-35)38-16-13-12-14-17-38)59-50-19-15-18-45(51(50)58-53(59)47-34-43(55(6,7)8)29-36(2)52(47)60)40-30-41(32-44(31-40)56(9,10)11)48-33-39(26-27-57-48)37-21-23-42(24-22-37)54(3,4)5/h12-34,60H,1-11H3/i3D3,4D3,5D3,21D,22D,23D,24D,26D,27D,33D. The van der Waals surface area contributed by atoms with Crippen molar-refractivity contribution >= 4 is 11.0 Å². The maximum absolute atomic E-state index is 12.0. The van der Waals surface area contributed by atoms with Gasteiger partial charge in [0.2, 0.25) is 0 Å². The van der Waals surface area contributed by atoms with Crippen LogP contribution in [0.4, 0.5) is 0 Å². The van der Waals surface area contributed by atoms with Crippen LogP contribution in [0.3, 0.4) is 0 Å². The number of aromatic hydroxyl groups is 1. The number of imidazole rings is 1. The van der Waals surface area contributed by atoms with Gasteiger partial charge in [0.25, 0.3) is 0 Å². The fourth-order valence-electron chi connectivity index (χ4n) is 7.39. The van der Waals surface area contributed by atoms with Crippen molar-refractivity contribution in [1.29, 1.82) is 0 Å². The van der Waals surface area contributed by atoms with Crippen LogP contribution in [-0.2, 0) is 16.2 Å². The first-order valence-corrected chi connectivity index (χ1v) is 19.8. The lowest BCUT2D eigenvalue weighted by molar-refractivity contribution is 0.471. The van der Waals surface area contributed by atoms with Crippen LogP contribution in [0.1, 0.15) is 112 Å². The Labute approximate surface area is 379 Å². The van der Waals surface area contributed by atoms with Gasteiger partial charge in [0, 0.05) is 35.2 Å². The highest BCUT2D eigenvalue weighted by atomic mass is 16.3. The molecule has 8 rings (SSSR count). The van der Waals surface area contributed by atoms with Crippen LogP contribution in [0.15, 0.2) is 139 Å². The summed E-state index contributed by atoms with van der Waals surface area (Å²) >= 11 is 0. The van der Waals surface area contributed by atoms with Crippen molar-refractivity contribution in [3.05, 3.63) is 167 Å². The topological polar surface area (TPSA) is 50.9 Å². The first-order valence-electron chi connectivity index (χ1n) is 27.8. The fourth-order valence-corrected chi connectivity index (χ4v) is 7.39. The van der Waals surface area contributed by atoms with Crippen LogP contribution in [0.2, 0.25) is 0 Å². The number of phenols is 1.